The topological polar surface area (TPSA) is 37.2 Å². The van der Waals surface area contributed by atoms with Crippen molar-refractivity contribution < 1.29 is 9.13 Å². The summed E-state index contributed by atoms with van der Waals surface area (Å²) in [6.45, 7) is 14.0. The van der Waals surface area contributed by atoms with Gasteiger partial charge < -0.3 is 9.64 Å². The summed E-state index contributed by atoms with van der Waals surface area (Å²) in [5, 5.41) is 0. The maximum atomic E-state index is 14.1. The highest BCUT2D eigenvalue weighted by Crippen LogP contribution is 2.16. The molecule has 0 saturated carbocycles. The molecule has 1 saturated heterocycles. The van der Waals surface area contributed by atoms with Gasteiger partial charge in [0, 0.05) is 19.6 Å². The quantitative estimate of drug-likeness (QED) is 0.452. The van der Waals surface area contributed by atoms with Crippen LogP contribution >= 0.6 is 0 Å². The highest BCUT2D eigenvalue weighted by atomic mass is 19.1. The first-order chi connectivity index (χ1) is 9.49. The van der Waals surface area contributed by atoms with Crippen molar-refractivity contribution in [2.45, 2.75) is 40.0 Å². The van der Waals surface area contributed by atoms with Gasteiger partial charge in [0.1, 0.15) is 11.7 Å². The van der Waals surface area contributed by atoms with Crippen molar-refractivity contribution in [3.63, 3.8) is 0 Å². The number of rotatable bonds is 4. The SMILES string of the molecule is C=CC(F)C(=NC(C)=NCC)N1CCOC(C(C)C)C1. The molecule has 4 nitrogen and oxygen atoms in total. The van der Waals surface area contributed by atoms with E-state index in [1.54, 1.807) is 6.92 Å². The summed E-state index contributed by atoms with van der Waals surface area (Å²) in [6, 6.07) is 0. The summed E-state index contributed by atoms with van der Waals surface area (Å²) in [4.78, 5) is 10.5. The number of morpholine rings is 1. The van der Waals surface area contributed by atoms with Crippen molar-refractivity contribution >= 4 is 11.7 Å². The minimum absolute atomic E-state index is 0.106. The normalized spacial score (nSPS) is 23.1. The van der Waals surface area contributed by atoms with E-state index in [1.807, 2.05) is 11.8 Å². The Morgan fingerprint density at radius 3 is 2.80 bits per heavy atom. The molecule has 0 spiro atoms. The number of hydrogen-bond acceptors (Lipinski definition) is 2. The molecule has 1 aliphatic rings. The number of ether oxygens (including phenoxy) is 1. The third-order valence-electron chi connectivity index (χ3n) is 3.28. The smallest absolute Gasteiger partial charge is 0.175 e. The fraction of sp³-hybridized carbons (Fsp3) is 0.733. The molecule has 1 rings (SSSR count). The predicted molar refractivity (Wildman–Crippen MR) is 82.3 cm³/mol. The van der Waals surface area contributed by atoms with E-state index in [4.69, 9.17) is 4.74 Å². The van der Waals surface area contributed by atoms with E-state index in [1.165, 1.54) is 6.08 Å². The predicted octanol–water partition coefficient (Wildman–Crippen LogP) is 2.70. The van der Waals surface area contributed by atoms with E-state index >= 15 is 0 Å². The zero-order valence-electron chi connectivity index (χ0n) is 13.0. The molecule has 5 heteroatoms. The van der Waals surface area contributed by atoms with Crippen LogP contribution in [0.3, 0.4) is 0 Å². The Labute approximate surface area is 121 Å². The van der Waals surface area contributed by atoms with Crippen LogP contribution in [0.1, 0.15) is 27.7 Å². The molecule has 2 unspecified atom stereocenters. The molecular weight excluding hydrogens is 257 g/mol. The van der Waals surface area contributed by atoms with Gasteiger partial charge in [-0.3, -0.25) is 4.99 Å². The highest BCUT2D eigenvalue weighted by molar-refractivity contribution is 5.99. The fourth-order valence-corrected chi connectivity index (χ4v) is 2.13. The fourth-order valence-electron chi connectivity index (χ4n) is 2.13. The summed E-state index contributed by atoms with van der Waals surface area (Å²) >= 11 is 0. The van der Waals surface area contributed by atoms with Gasteiger partial charge in [-0.2, -0.15) is 0 Å². The van der Waals surface area contributed by atoms with Crippen LogP contribution in [0.4, 0.5) is 4.39 Å². The summed E-state index contributed by atoms with van der Waals surface area (Å²) in [5.74, 6) is 1.38. The van der Waals surface area contributed by atoms with Crippen molar-refractivity contribution in [1.82, 2.24) is 4.90 Å². The molecule has 1 aliphatic heterocycles. The van der Waals surface area contributed by atoms with E-state index in [0.717, 1.165) is 0 Å². The molecule has 0 aliphatic carbocycles. The molecule has 0 aromatic rings. The van der Waals surface area contributed by atoms with Crippen molar-refractivity contribution in [3.05, 3.63) is 12.7 Å². The second-order valence-electron chi connectivity index (χ2n) is 5.23. The van der Waals surface area contributed by atoms with Gasteiger partial charge >= 0.3 is 0 Å². The largest absolute Gasteiger partial charge is 0.374 e. The third-order valence-corrected chi connectivity index (χ3v) is 3.28. The Hall–Kier alpha value is -1.23. The second-order valence-corrected chi connectivity index (χ2v) is 5.23. The average molecular weight is 283 g/mol. The minimum Gasteiger partial charge on any atom is -0.374 e. The van der Waals surface area contributed by atoms with Crippen LogP contribution in [0.15, 0.2) is 22.6 Å². The van der Waals surface area contributed by atoms with Crippen LogP contribution in [0.25, 0.3) is 0 Å². The Morgan fingerprint density at radius 1 is 1.55 bits per heavy atom. The van der Waals surface area contributed by atoms with Crippen LogP contribution < -0.4 is 0 Å². The van der Waals surface area contributed by atoms with E-state index in [9.17, 15) is 4.39 Å². The van der Waals surface area contributed by atoms with Crippen LogP contribution in [0.5, 0.6) is 0 Å². The molecule has 114 valence electrons. The molecule has 20 heavy (non-hydrogen) atoms. The summed E-state index contributed by atoms with van der Waals surface area (Å²) in [5.41, 5.74) is 0. The summed E-state index contributed by atoms with van der Waals surface area (Å²) in [7, 11) is 0. The van der Waals surface area contributed by atoms with E-state index in [-0.39, 0.29) is 6.10 Å². The Balaban J connectivity index is 2.93. The van der Waals surface area contributed by atoms with Crippen LogP contribution in [-0.2, 0) is 4.74 Å². The van der Waals surface area contributed by atoms with Crippen LogP contribution in [0.2, 0.25) is 0 Å². The van der Waals surface area contributed by atoms with Crippen molar-refractivity contribution in [3.8, 4) is 0 Å². The first-order valence-electron chi connectivity index (χ1n) is 7.22. The number of alkyl halides is 1. The monoisotopic (exact) mass is 283 g/mol. The van der Waals surface area contributed by atoms with Gasteiger partial charge in [-0.1, -0.05) is 26.5 Å². The van der Waals surface area contributed by atoms with Crippen LogP contribution in [-0.4, -0.2) is 55.1 Å². The van der Waals surface area contributed by atoms with E-state index in [0.29, 0.717) is 43.8 Å². The number of aliphatic imine (C=N–C) groups is 2. The molecule has 0 amide bonds. The van der Waals surface area contributed by atoms with Gasteiger partial charge in [-0.05, 0) is 19.8 Å². The lowest BCUT2D eigenvalue weighted by Gasteiger charge is -2.37. The average Bonchev–Trinajstić information content (AvgIpc) is 2.44. The first kappa shape index (κ1) is 16.8. The van der Waals surface area contributed by atoms with Gasteiger partial charge in [0.15, 0.2) is 6.17 Å². The van der Waals surface area contributed by atoms with E-state index in [2.05, 4.69) is 30.4 Å². The van der Waals surface area contributed by atoms with Gasteiger partial charge in [-0.15, -0.1) is 0 Å². The maximum Gasteiger partial charge on any atom is 0.175 e. The Kier molecular flexibility index (Phi) is 6.85. The van der Waals surface area contributed by atoms with Crippen molar-refractivity contribution in [2.75, 3.05) is 26.2 Å². The molecule has 1 heterocycles. The summed E-state index contributed by atoms with van der Waals surface area (Å²) < 4.78 is 19.8. The minimum atomic E-state index is -1.28. The molecule has 0 aromatic carbocycles. The lowest BCUT2D eigenvalue weighted by atomic mass is 10.1. The molecule has 2 atom stereocenters. The molecule has 0 N–H and O–H groups in total. The van der Waals surface area contributed by atoms with Crippen molar-refractivity contribution in [2.24, 2.45) is 15.9 Å². The van der Waals surface area contributed by atoms with Gasteiger partial charge in [0.2, 0.25) is 0 Å². The lowest BCUT2D eigenvalue weighted by molar-refractivity contribution is -0.0313. The zero-order valence-corrected chi connectivity index (χ0v) is 13.0. The Bertz CT molecular complexity index is 379. The highest BCUT2D eigenvalue weighted by Gasteiger charge is 2.28. The van der Waals surface area contributed by atoms with E-state index < -0.39 is 6.17 Å². The molecule has 0 radical (unpaired) electrons. The lowest BCUT2D eigenvalue weighted by Crippen LogP contribution is -2.49. The number of hydrogen-bond donors (Lipinski definition) is 0. The number of amidine groups is 2. The molecule has 0 aromatic heterocycles. The number of nitrogens with zero attached hydrogens (tertiary/aromatic N) is 3. The zero-order chi connectivity index (χ0) is 15.1. The molecular formula is C15H26FN3O. The summed E-state index contributed by atoms with van der Waals surface area (Å²) in [6.07, 6.45) is 0.107. The van der Waals surface area contributed by atoms with Crippen molar-refractivity contribution in [1.29, 1.82) is 0 Å². The molecule has 0 bridgehead atoms. The van der Waals surface area contributed by atoms with Gasteiger partial charge in [0.05, 0.1) is 12.7 Å². The van der Waals surface area contributed by atoms with Gasteiger partial charge in [-0.25, -0.2) is 9.38 Å². The first-order valence-corrected chi connectivity index (χ1v) is 7.22. The standard InChI is InChI=1S/C15H26FN3O/c1-6-13(16)15(18-12(5)17-7-2)19-8-9-20-14(10-19)11(3)4/h6,11,13-14H,1,7-10H2,2-5H3. The maximum absolute atomic E-state index is 14.1. The van der Waals surface area contributed by atoms with Gasteiger partial charge in [0.25, 0.3) is 0 Å². The number of halogens is 1. The Morgan fingerprint density at radius 2 is 2.25 bits per heavy atom. The third kappa shape index (κ3) is 4.71. The molecule has 1 fully saturated rings. The van der Waals surface area contributed by atoms with Crippen LogP contribution in [0, 0.1) is 5.92 Å². The second kappa shape index (κ2) is 8.15.